The van der Waals surface area contributed by atoms with E-state index in [0.29, 0.717) is 24.6 Å². The van der Waals surface area contributed by atoms with Crippen molar-refractivity contribution in [2.45, 2.75) is 49.6 Å². The first kappa shape index (κ1) is 15.3. The Labute approximate surface area is 141 Å². The third kappa shape index (κ3) is 2.41. The minimum absolute atomic E-state index is 0.0000246. The van der Waals surface area contributed by atoms with Gasteiger partial charge in [-0.2, -0.15) is 4.98 Å². The number of amides is 1. The van der Waals surface area contributed by atoms with E-state index in [9.17, 15) is 4.79 Å². The zero-order valence-corrected chi connectivity index (χ0v) is 13.8. The summed E-state index contributed by atoms with van der Waals surface area (Å²) in [6, 6.07) is 9.95. The highest BCUT2D eigenvalue weighted by atomic mass is 16.5. The minimum atomic E-state index is -0.430. The molecule has 0 radical (unpaired) electrons. The summed E-state index contributed by atoms with van der Waals surface area (Å²) in [5, 5.41) is 4.14. The smallest absolute Gasteiger partial charge is 0.232 e. The third-order valence-electron chi connectivity index (χ3n) is 5.45. The van der Waals surface area contributed by atoms with Crippen molar-refractivity contribution in [1.29, 1.82) is 0 Å². The largest absolute Gasteiger partial charge is 0.339 e. The molecule has 2 N–H and O–H groups in total. The lowest BCUT2D eigenvalue weighted by molar-refractivity contribution is -0.135. The van der Waals surface area contributed by atoms with E-state index in [-0.39, 0.29) is 17.9 Å². The highest BCUT2D eigenvalue weighted by Crippen LogP contribution is 2.43. The second-order valence-electron chi connectivity index (χ2n) is 6.97. The monoisotopic (exact) mass is 326 g/mol. The van der Waals surface area contributed by atoms with Crippen LogP contribution >= 0.6 is 0 Å². The van der Waals surface area contributed by atoms with E-state index in [2.05, 4.69) is 10.1 Å². The van der Waals surface area contributed by atoms with E-state index in [0.717, 1.165) is 24.8 Å². The fourth-order valence-corrected chi connectivity index (χ4v) is 3.77. The molecular weight excluding hydrogens is 304 g/mol. The van der Waals surface area contributed by atoms with Crippen molar-refractivity contribution in [3.05, 3.63) is 47.6 Å². The predicted molar refractivity (Wildman–Crippen MR) is 87.9 cm³/mol. The second kappa shape index (κ2) is 5.70. The summed E-state index contributed by atoms with van der Waals surface area (Å²) in [6.45, 7) is 0. The number of piperidine rings is 1. The van der Waals surface area contributed by atoms with E-state index in [1.54, 1.807) is 4.90 Å². The van der Waals surface area contributed by atoms with Crippen LogP contribution in [0.25, 0.3) is 0 Å². The van der Waals surface area contributed by atoms with Gasteiger partial charge in [0.15, 0.2) is 5.82 Å². The molecule has 1 aromatic heterocycles. The summed E-state index contributed by atoms with van der Waals surface area (Å²) < 4.78 is 5.58. The predicted octanol–water partition coefficient (Wildman–Crippen LogP) is 2.48. The highest BCUT2D eigenvalue weighted by molar-refractivity contribution is 5.77. The second-order valence-corrected chi connectivity index (χ2v) is 6.97. The lowest BCUT2D eigenvalue weighted by Gasteiger charge is -2.37. The number of hydrogen-bond donors (Lipinski definition) is 1. The molecule has 2 fully saturated rings. The summed E-state index contributed by atoms with van der Waals surface area (Å²) in [5.41, 5.74) is 6.97. The number of rotatable bonds is 3. The van der Waals surface area contributed by atoms with Gasteiger partial charge >= 0.3 is 0 Å². The topological polar surface area (TPSA) is 85.2 Å². The fourth-order valence-electron chi connectivity index (χ4n) is 3.77. The molecule has 1 saturated heterocycles. The van der Waals surface area contributed by atoms with Crippen LogP contribution in [0.3, 0.4) is 0 Å². The fraction of sp³-hybridized carbons (Fsp3) is 0.500. The molecule has 6 heteroatoms. The Bertz CT molecular complexity index is 738. The number of likely N-dealkylation sites (N-methyl/N-ethyl adjacent to an activating group) is 1. The Kier molecular flexibility index (Phi) is 3.64. The van der Waals surface area contributed by atoms with Crippen molar-refractivity contribution < 1.29 is 9.32 Å². The summed E-state index contributed by atoms with van der Waals surface area (Å²) in [5.74, 6) is 1.35. The maximum Gasteiger partial charge on any atom is 0.232 e. The van der Waals surface area contributed by atoms with Gasteiger partial charge in [0.1, 0.15) is 0 Å². The average Bonchev–Trinajstić information content (AvgIpc) is 3.06. The summed E-state index contributed by atoms with van der Waals surface area (Å²) in [4.78, 5) is 18.6. The number of likely N-dealkylation sites (tertiary alicyclic amines) is 1. The van der Waals surface area contributed by atoms with E-state index in [4.69, 9.17) is 10.3 Å². The molecule has 2 heterocycles. The first-order valence-corrected chi connectivity index (χ1v) is 8.52. The summed E-state index contributed by atoms with van der Waals surface area (Å²) in [6.07, 6.45) is 4.11. The molecule has 1 aliphatic carbocycles. The standard InChI is InChI=1S/C18H22N4O2/c1-22-14(23)9-8-13(15(22)12-6-3-2-4-7-12)16-20-17(21-24-16)18(19)10-5-11-18/h2-4,6-7,13,15H,5,8-11,19H2,1H3. The molecule has 2 unspecified atom stereocenters. The van der Waals surface area contributed by atoms with Crippen LogP contribution in [0, 0.1) is 0 Å². The summed E-state index contributed by atoms with van der Waals surface area (Å²) >= 11 is 0. The maximum atomic E-state index is 12.2. The van der Waals surface area contributed by atoms with Gasteiger partial charge in [-0.15, -0.1) is 0 Å². The molecule has 1 amide bonds. The van der Waals surface area contributed by atoms with Crippen LogP contribution in [-0.2, 0) is 10.3 Å². The van der Waals surface area contributed by atoms with Crippen molar-refractivity contribution in [2.24, 2.45) is 5.73 Å². The number of hydrogen-bond acceptors (Lipinski definition) is 5. The minimum Gasteiger partial charge on any atom is -0.339 e. The van der Waals surface area contributed by atoms with E-state index in [1.165, 1.54) is 0 Å². The van der Waals surface area contributed by atoms with Gasteiger partial charge in [-0.3, -0.25) is 4.79 Å². The van der Waals surface area contributed by atoms with Crippen LogP contribution in [0.15, 0.2) is 34.9 Å². The van der Waals surface area contributed by atoms with Gasteiger partial charge < -0.3 is 15.2 Å². The highest BCUT2D eigenvalue weighted by Gasteiger charge is 2.42. The molecule has 0 spiro atoms. The van der Waals surface area contributed by atoms with Crippen LogP contribution in [-0.4, -0.2) is 28.0 Å². The van der Waals surface area contributed by atoms with Gasteiger partial charge in [-0.1, -0.05) is 35.5 Å². The molecule has 6 nitrogen and oxygen atoms in total. The molecule has 4 rings (SSSR count). The first-order chi connectivity index (χ1) is 11.6. The molecule has 2 atom stereocenters. The molecule has 126 valence electrons. The van der Waals surface area contributed by atoms with Gasteiger partial charge in [0.2, 0.25) is 11.8 Å². The quantitative estimate of drug-likeness (QED) is 0.936. The number of aromatic nitrogens is 2. The summed E-state index contributed by atoms with van der Waals surface area (Å²) in [7, 11) is 1.85. The molecule has 24 heavy (non-hydrogen) atoms. The lowest BCUT2D eigenvalue weighted by Crippen LogP contribution is -2.44. The van der Waals surface area contributed by atoms with Crippen molar-refractivity contribution >= 4 is 5.91 Å². The molecule has 2 aromatic rings. The Morgan fingerprint density at radius 2 is 2.04 bits per heavy atom. The zero-order valence-electron chi connectivity index (χ0n) is 13.8. The first-order valence-electron chi connectivity index (χ1n) is 8.52. The number of carbonyl (C=O) groups excluding carboxylic acids is 1. The Balaban J connectivity index is 1.68. The molecule has 1 aliphatic heterocycles. The van der Waals surface area contributed by atoms with Crippen molar-refractivity contribution in [3.63, 3.8) is 0 Å². The Hall–Kier alpha value is -2.21. The Morgan fingerprint density at radius 1 is 1.29 bits per heavy atom. The van der Waals surface area contributed by atoms with Crippen molar-refractivity contribution in [3.8, 4) is 0 Å². The lowest BCUT2D eigenvalue weighted by atomic mass is 9.77. The van der Waals surface area contributed by atoms with Crippen molar-refractivity contribution in [1.82, 2.24) is 15.0 Å². The van der Waals surface area contributed by atoms with Gasteiger partial charge in [-0.05, 0) is 31.2 Å². The number of benzene rings is 1. The molecule has 1 aromatic carbocycles. The number of nitrogens with two attached hydrogens (primary N) is 1. The molecule has 0 bridgehead atoms. The molecule has 2 aliphatic rings. The van der Waals surface area contributed by atoms with Crippen LogP contribution in [0.4, 0.5) is 0 Å². The van der Waals surface area contributed by atoms with Gasteiger partial charge in [0, 0.05) is 13.5 Å². The van der Waals surface area contributed by atoms with E-state index < -0.39 is 5.54 Å². The van der Waals surface area contributed by atoms with Crippen LogP contribution in [0.2, 0.25) is 0 Å². The molecular formula is C18H22N4O2. The number of carbonyl (C=O) groups is 1. The SMILES string of the molecule is CN1C(=O)CCC(c2nc(C3(N)CCC3)no2)C1c1ccccc1. The van der Waals surface area contributed by atoms with Crippen LogP contribution < -0.4 is 5.73 Å². The zero-order chi connectivity index (χ0) is 16.7. The van der Waals surface area contributed by atoms with Crippen molar-refractivity contribution in [2.75, 3.05) is 7.05 Å². The third-order valence-corrected chi connectivity index (χ3v) is 5.45. The molecule has 1 saturated carbocycles. The Morgan fingerprint density at radius 3 is 2.71 bits per heavy atom. The number of nitrogens with zero attached hydrogens (tertiary/aromatic N) is 3. The van der Waals surface area contributed by atoms with Gasteiger partial charge in [0.25, 0.3) is 0 Å². The van der Waals surface area contributed by atoms with Crippen LogP contribution in [0.5, 0.6) is 0 Å². The van der Waals surface area contributed by atoms with Crippen LogP contribution in [0.1, 0.15) is 61.3 Å². The van der Waals surface area contributed by atoms with Gasteiger partial charge in [-0.25, -0.2) is 0 Å². The average molecular weight is 326 g/mol. The van der Waals surface area contributed by atoms with E-state index >= 15 is 0 Å². The normalized spacial score (nSPS) is 26.2. The van der Waals surface area contributed by atoms with E-state index in [1.807, 2.05) is 37.4 Å². The maximum absolute atomic E-state index is 12.2. The van der Waals surface area contributed by atoms with Gasteiger partial charge in [0.05, 0.1) is 17.5 Å².